The van der Waals surface area contributed by atoms with Crippen molar-refractivity contribution in [2.24, 2.45) is 0 Å². The Labute approximate surface area is 188 Å². The maximum Gasteiger partial charge on any atom is 0.219 e. The van der Waals surface area contributed by atoms with Gasteiger partial charge in [0.05, 0.1) is 42.1 Å². The normalized spacial score (nSPS) is 16.6. The summed E-state index contributed by atoms with van der Waals surface area (Å²) in [4.78, 5) is 13.8. The molecule has 1 aromatic carbocycles. The standard InChI is InChI=1S/C23H24N4O4S/c1-30-20-8-6-15(11-21(20)31-2)13-27-14-16(7-9-22(27)28)18-12-19(17-5-4-10-24-17)26-23(25-18)32(3)29/h4-12,14,22,24,28H,13H2,1-3H3. The van der Waals surface area contributed by atoms with Gasteiger partial charge in [-0.05, 0) is 42.0 Å². The van der Waals surface area contributed by atoms with Crippen molar-refractivity contribution in [3.63, 3.8) is 0 Å². The molecule has 0 saturated carbocycles. The number of nitrogens with one attached hydrogen (secondary N) is 1. The summed E-state index contributed by atoms with van der Waals surface area (Å²) < 4.78 is 22.8. The summed E-state index contributed by atoms with van der Waals surface area (Å²) in [6.45, 7) is 0.441. The fraction of sp³-hybridized carbons (Fsp3) is 0.217. The van der Waals surface area contributed by atoms with E-state index in [0.29, 0.717) is 29.4 Å². The molecule has 2 atom stereocenters. The molecule has 8 nitrogen and oxygen atoms in total. The summed E-state index contributed by atoms with van der Waals surface area (Å²) in [5, 5.41) is 10.8. The van der Waals surface area contributed by atoms with Crippen molar-refractivity contribution in [1.29, 1.82) is 0 Å². The number of hydrogen-bond acceptors (Lipinski definition) is 7. The van der Waals surface area contributed by atoms with Crippen LogP contribution in [-0.2, 0) is 17.3 Å². The molecule has 0 saturated heterocycles. The Balaban J connectivity index is 1.68. The van der Waals surface area contributed by atoms with Gasteiger partial charge in [0.15, 0.2) is 11.5 Å². The summed E-state index contributed by atoms with van der Waals surface area (Å²) in [7, 11) is 1.83. The number of aromatic amines is 1. The van der Waals surface area contributed by atoms with Gasteiger partial charge in [-0.2, -0.15) is 0 Å². The first-order chi connectivity index (χ1) is 15.5. The molecule has 0 amide bonds. The molecule has 2 N–H and O–H groups in total. The van der Waals surface area contributed by atoms with Gasteiger partial charge in [0, 0.05) is 30.8 Å². The maximum atomic E-state index is 12.1. The van der Waals surface area contributed by atoms with E-state index >= 15 is 0 Å². The third-order valence-electron chi connectivity index (χ3n) is 5.04. The quantitative estimate of drug-likeness (QED) is 0.532. The second-order valence-corrected chi connectivity index (χ2v) is 8.45. The minimum atomic E-state index is -1.35. The zero-order valence-electron chi connectivity index (χ0n) is 18.0. The molecular weight excluding hydrogens is 428 g/mol. The van der Waals surface area contributed by atoms with E-state index in [4.69, 9.17) is 9.47 Å². The first-order valence-corrected chi connectivity index (χ1v) is 11.5. The number of ether oxygens (including phenoxy) is 2. The molecule has 2 aromatic heterocycles. The van der Waals surface area contributed by atoms with E-state index in [1.54, 1.807) is 43.7 Å². The zero-order valence-corrected chi connectivity index (χ0v) is 18.8. The lowest BCUT2D eigenvalue weighted by Gasteiger charge is -2.28. The predicted molar refractivity (Wildman–Crippen MR) is 122 cm³/mol. The number of aliphatic hydroxyl groups is 1. The van der Waals surface area contributed by atoms with Crippen molar-refractivity contribution in [1.82, 2.24) is 19.9 Å². The summed E-state index contributed by atoms with van der Waals surface area (Å²) in [5.41, 5.74) is 3.80. The number of rotatable bonds is 7. The van der Waals surface area contributed by atoms with Crippen LogP contribution in [0.5, 0.6) is 11.5 Å². The van der Waals surface area contributed by atoms with E-state index in [0.717, 1.165) is 16.8 Å². The highest BCUT2D eigenvalue weighted by Gasteiger charge is 2.19. The number of allylic oxidation sites excluding steroid dienone is 2. The van der Waals surface area contributed by atoms with Gasteiger partial charge < -0.3 is 24.5 Å². The third-order valence-corrected chi connectivity index (χ3v) is 5.73. The topological polar surface area (TPSA) is 101 Å². The molecule has 1 aliphatic heterocycles. The molecule has 0 spiro atoms. The fourth-order valence-corrected chi connectivity index (χ4v) is 3.86. The maximum absolute atomic E-state index is 12.1. The molecule has 4 rings (SSSR count). The van der Waals surface area contributed by atoms with Crippen LogP contribution in [0.25, 0.3) is 17.0 Å². The number of aromatic nitrogens is 3. The Morgan fingerprint density at radius 3 is 2.59 bits per heavy atom. The van der Waals surface area contributed by atoms with E-state index in [9.17, 15) is 9.32 Å². The highest BCUT2D eigenvalue weighted by Crippen LogP contribution is 2.30. The van der Waals surface area contributed by atoms with E-state index in [-0.39, 0.29) is 5.16 Å². The summed E-state index contributed by atoms with van der Waals surface area (Å²) in [6.07, 6.45) is 7.89. The molecule has 0 aliphatic carbocycles. The van der Waals surface area contributed by atoms with E-state index < -0.39 is 17.0 Å². The van der Waals surface area contributed by atoms with Gasteiger partial charge in [-0.3, -0.25) is 4.21 Å². The Hall–Kier alpha value is -3.43. The molecule has 0 fully saturated rings. The molecule has 0 bridgehead atoms. The Morgan fingerprint density at radius 2 is 1.91 bits per heavy atom. The number of methoxy groups -OCH3 is 2. The van der Waals surface area contributed by atoms with Crippen molar-refractivity contribution in [2.75, 3.05) is 20.5 Å². The highest BCUT2D eigenvalue weighted by atomic mass is 32.2. The smallest absolute Gasteiger partial charge is 0.219 e. The van der Waals surface area contributed by atoms with Crippen molar-refractivity contribution in [3.8, 4) is 22.9 Å². The van der Waals surface area contributed by atoms with Crippen LogP contribution in [0.2, 0.25) is 0 Å². The Kier molecular flexibility index (Phi) is 6.38. The van der Waals surface area contributed by atoms with Crippen molar-refractivity contribution in [2.45, 2.75) is 17.9 Å². The molecule has 9 heteroatoms. The van der Waals surface area contributed by atoms with Crippen LogP contribution in [-0.4, -0.2) is 55.9 Å². The summed E-state index contributed by atoms with van der Waals surface area (Å²) in [6, 6.07) is 11.2. The largest absolute Gasteiger partial charge is 0.493 e. The average Bonchev–Trinajstić information content (AvgIpc) is 3.35. The number of H-pyrrole nitrogens is 1. The molecule has 0 radical (unpaired) electrons. The highest BCUT2D eigenvalue weighted by molar-refractivity contribution is 7.84. The molecule has 166 valence electrons. The lowest BCUT2D eigenvalue weighted by atomic mass is 10.1. The average molecular weight is 453 g/mol. The van der Waals surface area contributed by atoms with Crippen LogP contribution < -0.4 is 9.47 Å². The first-order valence-electron chi connectivity index (χ1n) is 9.90. The lowest BCUT2D eigenvalue weighted by Crippen LogP contribution is -2.30. The first kappa shape index (κ1) is 21.8. The Morgan fingerprint density at radius 1 is 1.12 bits per heavy atom. The van der Waals surface area contributed by atoms with Crippen LogP contribution in [0, 0.1) is 0 Å². The minimum absolute atomic E-state index is 0.249. The molecule has 1 aliphatic rings. The summed E-state index contributed by atoms with van der Waals surface area (Å²) >= 11 is 0. The number of hydrogen-bond donors (Lipinski definition) is 2. The number of aliphatic hydroxyl groups excluding tert-OH is 1. The molecular formula is C23H24N4O4S. The van der Waals surface area contributed by atoms with Gasteiger partial charge in [0.25, 0.3) is 0 Å². The number of benzene rings is 1. The van der Waals surface area contributed by atoms with Crippen LogP contribution in [0.15, 0.2) is 66.1 Å². The zero-order chi connectivity index (χ0) is 22.7. The molecule has 32 heavy (non-hydrogen) atoms. The van der Waals surface area contributed by atoms with Gasteiger partial charge >= 0.3 is 0 Å². The fourth-order valence-electron chi connectivity index (χ4n) is 3.41. The SMILES string of the molecule is COc1ccc(CN2C=C(c3cc(-c4ccc[nH]4)nc(S(C)=O)n3)C=CC2O)cc1OC. The van der Waals surface area contributed by atoms with Gasteiger partial charge in [0.2, 0.25) is 5.16 Å². The van der Waals surface area contributed by atoms with Crippen LogP contribution in [0.4, 0.5) is 0 Å². The molecule has 3 aromatic rings. The van der Waals surface area contributed by atoms with Crippen molar-refractivity contribution < 1.29 is 18.8 Å². The minimum Gasteiger partial charge on any atom is -0.493 e. The van der Waals surface area contributed by atoms with E-state index in [2.05, 4.69) is 15.0 Å². The van der Waals surface area contributed by atoms with Crippen LogP contribution in [0.3, 0.4) is 0 Å². The van der Waals surface area contributed by atoms with Gasteiger partial charge in [-0.1, -0.05) is 12.1 Å². The van der Waals surface area contributed by atoms with Crippen molar-refractivity contribution in [3.05, 3.63) is 72.2 Å². The van der Waals surface area contributed by atoms with Gasteiger partial charge in [-0.15, -0.1) is 0 Å². The Bertz CT molecular complexity index is 1190. The molecule has 2 unspecified atom stereocenters. The summed E-state index contributed by atoms with van der Waals surface area (Å²) in [5.74, 6) is 1.27. The second-order valence-electron chi connectivity index (χ2n) is 7.18. The monoisotopic (exact) mass is 452 g/mol. The second kappa shape index (κ2) is 9.37. The van der Waals surface area contributed by atoms with E-state index in [1.165, 1.54) is 0 Å². The van der Waals surface area contributed by atoms with Crippen LogP contribution >= 0.6 is 0 Å². The van der Waals surface area contributed by atoms with Crippen LogP contribution in [0.1, 0.15) is 11.3 Å². The van der Waals surface area contributed by atoms with Gasteiger partial charge in [-0.25, -0.2) is 9.97 Å². The van der Waals surface area contributed by atoms with E-state index in [1.807, 2.05) is 42.6 Å². The third kappa shape index (κ3) is 4.58. The number of nitrogens with zero attached hydrogens (tertiary/aromatic N) is 3. The predicted octanol–water partition coefficient (Wildman–Crippen LogP) is 2.96. The van der Waals surface area contributed by atoms with Gasteiger partial charge in [0.1, 0.15) is 6.23 Å². The molecule has 3 heterocycles. The van der Waals surface area contributed by atoms with Crippen molar-refractivity contribution >= 4 is 16.4 Å². The lowest BCUT2D eigenvalue weighted by molar-refractivity contribution is 0.0729.